The third kappa shape index (κ3) is 1.25. The van der Waals surface area contributed by atoms with Crippen LogP contribution in [0.25, 0.3) is 0 Å². The summed E-state index contributed by atoms with van der Waals surface area (Å²) in [5, 5.41) is 12.3. The minimum absolute atomic E-state index is 0.387. The molecule has 0 radical (unpaired) electrons. The summed E-state index contributed by atoms with van der Waals surface area (Å²) < 4.78 is 0. The van der Waals surface area contributed by atoms with E-state index in [9.17, 15) is 4.79 Å². The van der Waals surface area contributed by atoms with Gasteiger partial charge in [0.05, 0.1) is 6.07 Å². The molecule has 14 heavy (non-hydrogen) atoms. The molecule has 0 saturated carbocycles. The predicted molar refractivity (Wildman–Crippen MR) is 48.2 cm³/mol. The molecule has 4 nitrogen and oxygen atoms in total. The van der Waals surface area contributed by atoms with Crippen LogP contribution in [0, 0.1) is 17.2 Å². The summed E-state index contributed by atoms with van der Waals surface area (Å²) in [5.41, 5.74) is 1.13. The van der Waals surface area contributed by atoms with E-state index >= 15 is 0 Å². The Kier molecular flexibility index (Phi) is 1.99. The first kappa shape index (κ1) is 8.45. The second-order valence-corrected chi connectivity index (χ2v) is 2.81. The second-order valence-electron chi connectivity index (χ2n) is 2.81. The van der Waals surface area contributed by atoms with Gasteiger partial charge in [-0.3, -0.25) is 0 Å². The first-order valence-electron chi connectivity index (χ1n) is 4.06. The molecular formula is C10H6N2O2. The first-order chi connectivity index (χ1) is 6.83. The highest BCUT2D eigenvalue weighted by Crippen LogP contribution is 2.17. The van der Waals surface area contributed by atoms with Gasteiger partial charge >= 0.3 is 5.97 Å². The van der Waals surface area contributed by atoms with E-state index in [1.54, 1.807) is 12.1 Å². The van der Waals surface area contributed by atoms with Crippen molar-refractivity contribution in [1.29, 1.82) is 5.26 Å². The zero-order valence-electron chi connectivity index (χ0n) is 7.18. The topological polar surface area (TPSA) is 62.5 Å². The Balaban J connectivity index is 2.38. The maximum Gasteiger partial charge on any atom is 0.358 e. The molecule has 2 rings (SSSR count). The molecule has 0 aromatic heterocycles. The van der Waals surface area contributed by atoms with Crippen LogP contribution >= 0.6 is 0 Å². The van der Waals surface area contributed by atoms with Gasteiger partial charge in [-0.1, -0.05) is 35.5 Å². The van der Waals surface area contributed by atoms with Crippen molar-refractivity contribution in [2.24, 2.45) is 11.1 Å². The van der Waals surface area contributed by atoms with Crippen molar-refractivity contribution in [3.63, 3.8) is 0 Å². The largest absolute Gasteiger partial charge is 0.358 e. The summed E-state index contributed by atoms with van der Waals surface area (Å²) in [7, 11) is 0. The molecule has 1 aliphatic heterocycles. The fourth-order valence-electron chi connectivity index (χ4n) is 1.25. The zero-order chi connectivity index (χ0) is 9.97. The molecule has 0 spiro atoms. The van der Waals surface area contributed by atoms with E-state index in [4.69, 9.17) is 5.26 Å². The maximum absolute atomic E-state index is 11.0. The van der Waals surface area contributed by atoms with Crippen LogP contribution in [0.3, 0.4) is 0 Å². The highest BCUT2D eigenvalue weighted by atomic mass is 16.7. The van der Waals surface area contributed by atoms with Gasteiger partial charge < -0.3 is 4.84 Å². The highest BCUT2D eigenvalue weighted by molar-refractivity contribution is 6.15. The summed E-state index contributed by atoms with van der Waals surface area (Å²) in [4.78, 5) is 15.5. The average Bonchev–Trinajstić information content (AvgIpc) is 2.61. The van der Waals surface area contributed by atoms with Crippen LogP contribution in [0.5, 0.6) is 0 Å². The minimum Gasteiger partial charge on any atom is -0.316 e. The van der Waals surface area contributed by atoms with E-state index in [0.717, 1.165) is 5.56 Å². The van der Waals surface area contributed by atoms with E-state index < -0.39 is 11.9 Å². The van der Waals surface area contributed by atoms with Crippen LogP contribution in [0.4, 0.5) is 0 Å². The van der Waals surface area contributed by atoms with Crippen LogP contribution in [0.15, 0.2) is 35.5 Å². The smallest absolute Gasteiger partial charge is 0.316 e. The standard InChI is InChI=1S/C10H6N2O2/c11-6-8-9(12-14-10(8)13)7-4-2-1-3-5-7/h1-5,8H. The SMILES string of the molecule is N#CC1C(=O)ON=C1c1ccccc1. The van der Waals surface area contributed by atoms with Crippen molar-refractivity contribution < 1.29 is 9.63 Å². The number of hydrogen-bond acceptors (Lipinski definition) is 4. The molecule has 1 atom stereocenters. The van der Waals surface area contributed by atoms with Gasteiger partial charge in [-0.2, -0.15) is 5.26 Å². The molecule has 0 aliphatic carbocycles. The molecule has 0 N–H and O–H groups in total. The van der Waals surface area contributed by atoms with Crippen LogP contribution in [-0.2, 0) is 9.63 Å². The van der Waals surface area contributed by atoms with Crippen molar-refractivity contribution in [3.05, 3.63) is 35.9 Å². The van der Waals surface area contributed by atoms with Crippen molar-refractivity contribution in [3.8, 4) is 6.07 Å². The van der Waals surface area contributed by atoms with Gasteiger partial charge in [-0.25, -0.2) is 4.79 Å². The number of rotatable bonds is 1. The van der Waals surface area contributed by atoms with Crippen LogP contribution in [0.2, 0.25) is 0 Å². The Morgan fingerprint density at radius 3 is 2.71 bits per heavy atom. The molecule has 68 valence electrons. The fraction of sp³-hybridized carbons (Fsp3) is 0.100. The van der Waals surface area contributed by atoms with Gasteiger partial charge in [0.2, 0.25) is 0 Å². The van der Waals surface area contributed by atoms with Crippen molar-refractivity contribution in [2.45, 2.75) is 0 Å². The number of oxime groups is 1. The van der Waals surface area contributed by atoms with E-state index in [0.29, 0.717) is 5.71 Å². The van der Waals surface area contributed by atoms with Crippen LogP contribution in [-0.4, -0.2) is 11.7 Å². The van der Waals surface area contributed by atoms with Crippen molar-refractivity contribution >= 4 is 11.7 Å². The van der Waals surface area contributed by atoms with E-state index in [2.05, 4.69) is 9.99 Å². The highest BCUT2D eigenvalue weighted by Gasteiger charge is 2.33. The van der Waals surface area contributed by atoms with Gasteiger partial charge in [0.25, 0.3) is 0 Å². The number of nitriles is 1. The van der Waals surface area contributed by atoms with E-state index in [1.807, 2.05) is 24.3 Å². The number of benzene rings is 1. The lowest BCUT2D eigenvalue weighted by atomic mass is 9.99. The number of hydrogen-bond donors (Lipinski definition) is 0. The summed E-state index contributed by atoms with van der Waals surface area (Å²) in [6, 6.07) is 10.9. The lowest BCUT2D eigenvalue weighted by Gasteiger charge is -1.98. The molecule has 0 amide bonds. The van der Waals surface area contributed by atoms with Crippen molar-refractivity contribution in [2.75, 3.05) is 0 Å². The lowest BCUT2D eigenvalue weighted by molar-refractivity contribution is -0.142. The number of nitrogens with zero attached hydrogens (tertiary/aromatic N) is 2. The number of carbonyl (C=O) groups is 1. The Morgan fingerprint density at radius 2 is 2.07 bits per heavy atom. The fourth-order valence-corrected chi connectivity index (χ4v) is 1.25. The third-order valence-electron chi connectivity index (χ3n) is 1.94. The van der Waals surface area contributed by atoms with Gasteiger partial charge in [0.15, 0.2) is 5.92 Å². The molecule has 0 bridgehead atoms. The molecule has 1 aliphatic rings. The normalized spacial score (nSPS) is 19.8. The van der Waals surface area contributed by atoms with Gasteiger partial charge in [-0.15, -0.1) is 0 Å². The number of carbonyl (C=O) groups excluding carboxylic acids is 1. The van der Waals surface area contributed by atoms with Crippen LogP contribution < -0.4 is 0 Å². The monoisotopic (exact) mass is 186 g/mol. The van der Waals surface area contributed by atoms with Gasteiger partial charge in [-0.05, 0) is 0 Å². The van der Waals surface area contributed by atoms with Gasteiger partial charge in [0.1, 0.15) is 5.71 Å². The Labute approximate surface area is 80.4 Å². The summed E-state index contributed by atoms with van der Waals surface area (Å²) in [6.45, 7) is 0. The molecule has 4 heteroatoms. The third-order valence-corrected chi connectivity index (χ3v) is 1.94. The quantitative estimate of drug-likeness (QED) is 0.616. The molecule has 1 aromatic carbocycles. The Morgan fingerprint density at radius 1 is 1.36 bits per heavy atom. The predicted octanol–water partition coefficient (Wildman–Crippen LogP) is 1.09. The Hall–Kier alpha value is -2.15. The zero-order valence-corrected chi connectivity index (χ0v) is 7.18. The minimum atomic E-state index is -0.891. The first-order valence-corrected chi connectivity index (χ1v) is 4.06. The second kappa shape index (κ2) is 3.30. The summed E-state index contributed by atoms with van der Waals surface area (Å²) in [6.07, 6.45) is 0. The Bertz CT molecular complexity index is 431. The summed E-state index contributed by atoms with van der Waals surface area (Å²) in [5.74, 6) is -1.50. The molecule has 1 aromatic rings. The van der Waals surface area contributed by atoms with Gasteiger partial charge in [0, 0.05) is 5.56 Å². The molecule has 1 unspecified atom stereocenters. The lowest BCUT2D eigenvalue weighted by Crippen LogP contribution is -2.16. The average molecular weight is 186 g/mol. The molecule has 1 heterocycles. The van der Waals surface area contributed by atoms with E-state index in [1.165, 1.54) is 0 Å². The van der Waals surface area contributed by atoms with Crippen molar-refractivity contribution in [1.82, 2.24) is 0 Å². The summed E-state index contributed by atoms with van der Waals surface area (Å²) >= 11 is 0. The maximum atomic E-state index is 11.0. The van der Waals surface area contributed by atoms with E-state index in [-0.39, 0.29) is 0 Å². The van der Waals surface area contributed by atoms with Crippen LogP contribution in [0.1, 0.15) is 5.56 Å². The molecule has 0 fully saturated rings. The molecule has 0 saturated heterocycles. The molecular weight excluding hydrogens is 180 g/mol.